The molecule has 0 radical (unpaired) electrons. The van der Waals surface area contributed by atoms with Crippen molar-refractivity contribution in [3.63, 3.8) is 0 Å². The number of aromatic nitrogens is 2. The number of hydrogen-bond donors (Lipinski definition) is 0. The summed E-state index contributed by atoms with van der Waals surface area (Å²) in [6, 6.07) is 7.91. The number of aryl methyl sites for hydroxylation is 1. The van der Waals surface area contributed by atoms with E-state index in [1.165, 1.54) is 0 Å². The molecule has 2 aliphatic rings. The minimum Gasteiger partial charge on any atom is -0.352 e. The summed E-state index contributed by atoms with van der Waals surface area (Å²) in [7, 11) is 3.47. The van der Waals surface area contributed by atoms with Crippen LogP contribution < -0.4 is 0 Å². The maximum atomic E-state index is 12.6. The van der Waals surface area contributed by atoms with E-state index in [9.17, 15) is 9.59 Å². The van der Waals surface area contributed by atoms with Gasteiger partial charge in [0.2, 0.25) is 11.8 Å². The Labute approximate surface area is 163 Å². The van der Waals surface area contributed by atoms with E-state index in [-0.39, 0.29) is 18.2 Å². The number of rotatable bonds is 3. The van der Waals surface area contributed by atoms with Crippen LogP contribution in [-0.2, 0) is 26.3 Å². The smallest absolute Gasteiger partial charge is 0.255 e. The Hall–Kier alpha value is -2.74. The second kappa shape index (κ2) is 7.01. The largest absolute Gasteiger partial charge is 0.352 e. The van der Waals surface area contributed by atoms with E-state index in [0.29, 0.717) is 37.6 Å². The zero-order chi connectivity index (χ0) is 19.9. The number of amides is 2. The molecule has 0 aliphatic carbocycles. The molecule has 148 valence electrons. The monoisotopic (exact) mass is 384 g/mol. The molecule has 2 aromatic rings. The van der Waals surface area contributed by atoms with Crippen LogP contribution in [0.5, 0.6) is 0 Å². The molecule has 1 aromatic heterocycles. The van der Waals surface area contributed by atoms with Crippen LogP contribution in [-0.4, -0.2) is 58.9 Å². The number of ether oxygens (including phenoxy) is 1. The molecule has 0 saturated carbocycles. The lowest BCUT2D eigenvalue weighted by Gasteiger charge is -2.39. The molecule has 1 saturated heterocycles. The van der Waals surface area contributed by atoms with Crippen molar-refractivity contribution in [2.45, 2.75) is 37.9 Å². The van der Waals surface area contributed by atoms with Crippen LogP contribution in [0.25, 0.3) is 0 Å². The van der Waals surface area contributed by atoms with Gasteiger partial charge in [-0.3, -0.25) is 9.59 Å². The lowest BCUT2D eigenvalue weighted by atomic mass is 9.83. The van der Waals surface area contributed by atoms with Gasteiger partial charge in [0.15, 0.2) is 11.9 Å². The topological polar surface area (TPSA) is 88.8 Å². The van der Waals surface area contributed by atoms with E-state index in [2.05, 4.69) is 10.1 Å². The van der Waals surface area contributed by atoms with E-state index in [1.807, 2.05) is 24.3 Å². The molecule has 3 heterocycles. The SMILES string of the molecule is Cc1noc(CC(=O)N2CCC3(CC2)O[C@H](C(=O)N(C)C)c2ccccc23)n1. The first-order chi connectivity index (χ1) is 13.4. The highest BCUT2D eigenvalue weighted by Gasteiger charge is 2.49. The van der Waals surface area contributed by atoms with Gasteiger partial charge in [-0.25, -0.2) is 0 Å². The number of carbonyl (C=O) groups is 2. The Kier molecular flexibility index (Phi) is 4.66. The second-order valence-electron chi connectivity index (χ2n) is 7.60. The van der Waals surface area contributed by atoms with Gasteiger partial charge < -0.3 is 19.1 Å². The van der Waals surface area contributed by atoms with Gasteiger partial charge in [-0.05, 0) is 30.9 Å². The third-order valence-electron chi connectivity index (χ3n) is 5.54. The van der Waals surface area contributed by atoms with Crippen LogP contribution in [0, 0.1) is 6.92 Å². The molecule has 28 heavy (non-hydrogen) atoms. The Bertz CT molecular complexity index is 899. The highest BCUT2D eigenvalue weighted by atomic mass is 16.5. The van der Waals surface area contributed by atoms with Crippen molar-refractivity contribution in [3.05, 3.63) is 47.1 Å². The first-order valence-corrected chi connectivity index (χ1v) is 9.45. The van der Waals surface area contributed by atoms with E-state index in [1.54, 1.807) is 30.8 Å². The molecule has 8 nitrogen and oxygen atoms in total. The van der Waals surface area contributed by atoms with Crippen LogP contribution in [0.4, 0.5) is 0 Å². The van der Waals surface area contributed by atoms with Crippen LogP contribution in [0.15, 0.2) is 28.8 Å². The molecule has 4 rings (SSSR count). The summed E-state index contributed by atoms with van der Waals surface area (Å²) in [4.78, 5) is 32.7. The van der Waals surface area contributed by atoms with Crippen molar-refractivity contribution in [1.82, 2.24) is 19.9 Å². The quantitative estimate of drug-likeness (QED) is 0.799. The molecule has 2 aliphatic heterocycles. The number of likely N-dealkylation sites (tertiary alicyclic amines) is 1. The molecular formula is C20H24N4O4. The van der Waals surface area contributed by atoms with Gasteiger partial charge in [-0.2, -0.15) is 4.98 Å². The molecule has 1 atom stereocenters. The fourth-order valence-corrected chi connectivity index (χ4v) is 4.07. The van der Waals surface area contributed by atoms with Gasteiger partial charge >= 0.3 is 0 Å². The van der Waals surface area contributed by atoms with Gasteiger partial charge in [0.1, 0.15) is 6.42 Å². The third-order valence-corrected chi connectivity index (χ3v) is 5.54. The molecule has 0 N–H and O–H groups in total. The Morgan fingerprint density at radius 2 is 1.96 bits per heavy atom. The second-order valence-corrected chi connectivity index (χ2v) is 7.60. The Morgan fingerprint density at radius 3 is 2.61 bits per heavy atom. The van der Waals surface area contributed by atoms with E-state index in [4.69, 9.17) is 9.26 Å². The summed E-state index contributed by atoms with van der Waals surface area (Å²) >= 11 is 0. The predicted octanol–water partition coefficient (Wildman–Crippen LogP) is 1.60. The minimum absolute atomic E-state index is 0.0364. The summed E-state index contributed by atoms with van der Waals surface area (Å²) in [6.45, 7) is 2.84. The van der Waals surface area contributed by atoms with Crippen LogP contribution in [0.3, 0.4) is 0 Å². The number of hydrogen-bond acceptors (Lipinski definition) is 6. The lowest BCUT2D eigenvalue weighted by molar-refractivity contribution is -0.161. The van der Waals surface area contributed by atoms with Gasteiger partial charge in [0.05, 0.1) is 5.60 Å². The molecule has 0 bridgehead atoms. The summed E-state index contributed by atoms with van der Waals surface area (Å²) in [6.07, 6.45) is 0.813. The first-order valence-electron chi connectivity index (χ1n) is 9.45. The van der Waals surface area contributed by atoms with E-state index < -0.39 is 11.7 Å². The van der Waals surface area contributed by atoms with Gasteiger partial charge in [-0.1, -0.05) is 29.4 Å². The molecule has 1 aromatic carbocycles. The standard InChI is InChI=1S/C20H24N4O4/c1-13-21-16(28-22-13)12-17(25)24-10-8-20(9-11-24)15-7-5-4-6-14(15)18(27-20)19(26)23(2)3/h4-7,18H,8-12H2,1-3H3/t18-/m0/s1. The van der Waals surface area contributed by atoms with Crippen molar-refractivity contribution < 1.29 is 18.8 Å². The average molecular weight is 384 g/mol. The number of carbonyl (C=O) groups excluding carboxylic acids is 2. The third kappa shape index (κ3) is 3.17. The van der Waals surface area contributed by atoms with E-state index >= 15 is 0 Å². The fourth-order valence-electron chi connectivity index (χ4n) is 4.07. The number of piperidine rings is 1. The van der Waals surface area contributed by atoms with Crippen LogP contribution in [0.2, 0.25) is 0 Å². The fraction of sp³-hybridized carbons (Fsp3) is 0.500. The molecule has 1 spiro atoms. The highest BCUT2D eigenvalue weighted by molar-refractivity contribution is 5.83. The molecule has 8 heteroatoms. The number of benzene rings is 1. The number of likely N-dealkylation sites (N-methyl/N-ethyl adjacent to an activating group) is 1. The Balaban J connectivity index is 1.49. The van der Waals surface area contributed by atoms with Crippen molar-refractivity contribution in [2.75, 3.05) is 27.2 Å². The van der Waals surface area contributed by atoms with Crippen LogP contribution in [0.1, 0.15) is 41.8 Å². The predicted molar refractivity (Wildman–Crippen MR) is 99.2 cm³/mol. The van der Waals surface area contributed by atoms with E-state index in [0.717, 1.165) is 11.1 Å². The molecule has 2 amide bonds. The number of fused-ring (bicyclic) bond motifs is 2. The van der Waals surface area contributed by atoms with Gasteiger partial charge in [0, 0.05) is 27.2 Å². The molecule has 1 fully saturated rings. The highest BCUT2D eigenvalue weighted by Crippen LogP contribution is 2.49. The normalized spacial score (nSPS) is 20.2. The van der Waals surface area contributed by atoms with Crippen molar-refractivity contribution in [3.8, 4) is 0 Å². The zero-order valence-electron chi connectivity index (χ0n) is 16.3. The van der Waals surface area contributed by atoms with Crippen LogP contribution >= 0.6 is 0 Å². The Morgan fingerprint density at radius 1 is 1.25 bits per heavy atom. The average Bonchev–Trinajstić information content (AvgIpc) is 3.23. The summed E-state index contributed by atoms with van der Waals surface area (Å²) in [5.74, 6) is 0.759. The van der Waals surface area contributed by atoms with Gasteiger partial charge in [-0.15, -0.1) is 0 Å². The number of nitrogens with zero attached hydrogens (tertiary/aromatic N) is 4. The molecular weight excluding hydrogens is 360 g/mol. The van der Waals surface area contributed by atoms with Gasteiger partial charge in [0.25, 0.3) is 5.91 Å². The van der Waals surface area contributed by atoms with Crippen molar-refractivity contribution in [1.29, 1.82) is 0 Å². The lowest BCUT2D eigenvalue weighted by Crippen LogP contribution is -2.46. The van der Waals surface area contributed by atoms with Crippen molar-refractivity contribution in [2.24, 2.45) is 0 Å². The van der Waals surface area contributed by atoms with Crippen molar-refractivity contribution >= 4 is 11.8 Å². The maximum absolute atomic E-state index is 12.6. The summed E-state index contributed by atoms with van der Waals surface area (Å²) in [5, 5.41) is 3.72. The first kappa shape index (κ1) is 18.6. The molecule has 0 unspecified atom stereocenters. The minimum atomic E-state index is -0.588. The summed E-state index contributed by atoms with van der Waals surface area (Å²) in [5.41, 5.74) is 1.47. The maximum Gasteiger partial charge on any atom is 0.255 e. The summed E-state index contributed by atoms with van der Waals surface area (Å²) < 4.78 is 11.4. The zero-order valence-corrected chi connectivity index (χ0v) is 16.3.